The lowest BCUT2D eigenvalue weighted by Gasteiger charge is -2.30. The smallest absolute Gasteiger partial charge is 0.266 e. The second-order valence-electron chi connectivity index (χ2n) is 7.10. The average molecular weight is 384 g/mol. The summed E-state index contributed by atoms with van der Waals surface area (Å²) in [5, 5.41) is 4.00. The molecule has 0 bridgehead atoms. The van der Waals surface area contributed by atoms with Crippen LogP contribution in [0.15, 0.2) is 34.4 Å². The predicted octanol–water partition coefficient (Wildman–Crippen LogP) is 3.44. The van der Waals surface area contributed by atoms with Crippen LogP contribution in [0.1, 0.15) is 18.4 Å². The minimum Gasteiger partial charge on any atom is -0.496 e. The lowest BCUT2D eigenvalue weighted by atomic mass is 9.97. The number of benzene rings is 1. The van der Waals surface area contributed by atoms with Gasteiger partial charge in [-0.2, -0.15) is 0 Å². The first-order valence-electron chi connectivity index (χ1n) is 9.40. The number of ether oxygens (including phenoxy) is 1. The monoisotopic (exact) mass is 383 g/mol. The molecule has 0 spiro atoms. The first-order valence-corrected chi connectivity index (χ1v) is 10.3. The van der Waals surface area contributed by atoms with Crippen molar-refractivity contribution >= 4 is 38.4 Å². The second kappa shape index (κ2) is 7.84. The van der Waals surface area contributed by atoms with Crippen molar-refractivity contribution in [2.24, 2.45) is 11.7 Å². The number of likely N-dealkylation sites (tertiary alicyclic amines) is 1. The Morgan fingerprint density at radius 2 is 2.15 bits per heavy atom. The Hall–Kier alpha value is -2.15. The number of rotatable bonds is 5. The molecule has 3 aromatic rings. The molecule has 1 aliphatic heterocycles. The molecular formula is C21H25N3O2S. The van der Waals surface area contributed by atoms with Crippen molar-refractivity contribution in [3.8, 4) is 5.75 Å². The number of thiophene rings is 1. The van der Waals surface area contributed by atoms with E-state index in [2.05, 4.69) is 22.0 Å². The highest BCUT2D eigenvalue weighted by Gasteiger charge is 2.17. The standard InChI is InChI=1S/C21H25N3O2S/c1-26-18-5-4-17-19(16-8-12-27-20(16)21(25)23-17)15(18)3-2-9-24-10-6-14(13-22)7-11-24/h2-5,8,12,14H,6-7,9-11,13,22H2,1H3,(H,23,25)/b3-2+. The minimum atomic E-state index is -0.0321. The molecule has 0 amide bonds. The maximum atomic E-state index is 12.3. The molecule has 27 heavy (non-hydrogen) atoms. The molecule has 142 valence electrons. The fourth-order valence-corrected chi connectivity index (χ4v) is 4.72. The van der Waals surface area contributed by atoms with Crippen LogP contribution in [-0.2, 0) is 0 Å². The molecule has 0 saturated carbocycles. The molecule has 3 heterocycles. The molecule has 3 N–H and O–H groups in total. The van der Waals surface area contributed by atoms with Crippen molar-refractivity contribution < 1.29 is 4.74 Å². The summed E-state index contributed by atoms with van der Waals surface area (Å²) in [6.07, 6.45) is 6.69. The number of pyridine rings is 1. The Morgan fingerprint density at radius 3 is 2.89 bits per heavy atom. The quantitative estimate of drug-likeness (QED) is 0.708. The molecule has 4 rings (SSSR count). The molecule has 0 unspecified atom stereocenters. The van der Waals surface area contributed by atoms with Crippen LogP contribution in [0.4, 0.5) is 0 Å². The van der Waals surface area contributed by atoms with Crippen molar-refractivity contribution in [3.05, 3.63) is 45.6 Å². The Morgan fingerprint density at radius 1 is 1.33 bits per heavy atom. The van der Waals surface area contributed by atoms with Gasteiger partial charge in [-0.15, -0.1) is 11.3 Å². The molecule has 0 radical (unpaired) electrons. The lowest BCUT2D eigenvalue weighted by Crippen LogP contribution is -2.36. The van der Waals surface area contributed by atoms with Gasteiger partial charge in [0.2, 0.25) is 0 Å². The van der Waals surface area contributed by atoms with Crippen LogP contribution in [0.2, 0.25) is 0 Å². The van der Waals surface area contributed by atoms with Crippen molar-refractivity contribution in [2.75, 3.05) is 33.3 Å². The lowest BCUT2D eigenvalue weighted by molar-refractivity contribution is 0.204. The van der Waals surface area contributed by atoms with Crippen LogP contribution in [0.25, 0.3) is 27.1 Å². The third-order valence-corrected chi connectivity index (χ3v) is 6.42. The Balaban J connectivity index is 1.68. The molecule has 0 atom stereocenters. The number of aromatic amines is 1. The summed E-state index contributed by atoms with van der Waals surface area (Å²) in [5.74, 6) is 1.49. The van der Waals surface area contributed by atoms with E-state index in [1.165, 1.54) is 24.2 Å². The fourth-order valence-electron chi connectivity index (χ4n) is 3.92. The molecule has 5 nitrogen and oxygen atoms in total. The SMILES string of the molecule is COc1ccc2[nH]c(=O)c3sccc3c2c1/C=C/CN1CCC(CN)CC1. The predicted molar refractivity (Wildman–Crippen MR) is 114 cm³/mol. The van der Waals surface area contributed by atoms with Gasteiger partial charge in [0.15, 0.2) is 0 Å². The minimum absolute atomic E-state index is 0.0321. The summed E-state index contributed by atoms with van der Waals surface area (Å²) in [5.41, 5.74) is 7.62. The molecule has 1 fully saturated rings. The highest BCUT2D eigenvalue weighted by Crippen LogP contribution is 2.34. The number of nitrogens with one attached hydrogen (secondary N) is 1. The molecule has 0 aliphatic carbocycles. The maximum absolute atomic E-state index is 12.3. The Labute approximate surface area is 162 Å². The third-order valence-electron chi connectivity index (χ3n) is 5.50. The number of aromatic nitrogens is 1. The van der Waals surface area contributed by atoms with Crippen LogP contribution < -0.4 is 16.0 Å². The zero-order valence-electron chi connectivity index (χ0n) is 15.5. The van der Waals surface area contributed by atoms with E-state index in [4.69, 9.17) is 10.5 Å². The van der Waals surface area contributed by atoms with E-state index in [-0.39, 0.29) is 5.56 Å². The number of H-pyrrole nitrogens is 1. The number of nitrogens with zero attached hydrogens (tertiary/aromatic N) is 1. The van der Waals surface area contributed by atoms with Gasteiger partial charge in [-0.25, -0.2) is 0 Å². The van der Waals surface area contributed by atoms with Crippen LogP contribution in [0.3, 0.4) is 0 Å². The molecule has 1 aliphatic rings. The van der Waals surface area contributed by atoms with E-state index >= 15 is 0 Å². The molecule has 1 aromatic carbocycles. The molecule has 6 heteroatoms. The Bertz CT molecular complexity index is 1030. The van der Waals surface area contributed by atoms with Gasteiger partial charge in [0.1, 0.15) is 10.4 Å². The third kappa shape index (κ3) is 3.52. The molecular weight excluding hydrogens is 358 g/mol. The highest BCUT2D eigenvalue weighted by molar-refractivity contribution is 7.17. The molecule has 2 aromatic heterocycles. The van der Waals surface area contributed by atoms with Crippen LogP contribution in [0, 0.1) is 5.92 Å². The van der Waals surface area contributed by atoms with E-state index in [9.17, 15) is 4.79 Å². The molecule has 1 saturated heterocycles. The van der Waals surface area contributed by atoms with E-state index in [1.807, 2.05) is 23.6 Å². The summed E-state index contributed by atoms with van der Waals surface area (Å²) >= 11 is 1.47. The first kappa shape index (κ1) is 18.2. The van der Waals surface area contributed by atoms with Gasteiger partial charge in [-0.1, -0.05) is 12.2 Å². The zero-order chi connectivity index (χ0) is 18.8. The van der Waals surface area contributed by atoms with Gasteiger partial charge in [0, 0.05) is 28.4 Å². The van der Waals surface area contributed by atoms with E-state index < -0.39 is 0 Å². The number of hydrogen-bond acceptors (Lipinski definition) is 5. The summed E-state index contributed by atoms with van der Waals surface area (Å²) in [7, 11) is 1.69. The van der Waals surface area contributed by atoms with Gasteiger partial charge < -0.3 is 15.5 Å². The van der Waals surface area contributed by atoms with Crippen LogP contribution in [-0.4, -0.2) is 43.2 Å². The highest BCUT2D eigenvalue weighted by atomic mass is 32.1. The van der Waals surface area contributed by atoms with Gasteiger partial charge >= 0.3 is 0 Å². The summed E-state index contributed by atoms with van der Waals surface area (Å²) in [6.45, 7) is 3.90. The maximum Gasteiger partial charge on any atom is 0.266 e. The number of hydrogen-bond donors (Lipinski definition) is 2. The van der Waals surface area contributed by atoms with E-state index in [1.54, 1.807) is 7.11 Å². The zero-order valence-corrected chi connectivity index (χ0v) is 16.3. The summed E-state index contributed by atoms with van der Waals surface area (Å²) in [4.78, 5) is 17.7. The second-order valence-corrected chi connectivity index (χ2v) is 8.02. The first-order chi connectivity index (χ1) is 13.2. The van der Waals surface area contributed by atoms with Gasteiger partial charge in [-0.05, 0) is 62.0 Å². The van der Waals surface area contributed by atoms with Gasteiger partial charge in [-0.3, -0.25) is 9.69 Å². The van der Waals surface area contributed by atoms with Crippen molar-refractivity contribution in [1.29, 1.82) is 0 Å². The van der Waals surface area contributed by atoms with Gasteiger partial charge in [0.25, 0.3) is 5.56 Å². The van der Waals surface area contributed by atoms with Crippen molar-refractivity contribution in [3.63, 3.8) is 0 Å². The van der Waals surface area contributed by atoms with E-state index in [0.717, 1.165) is 58.5 Å². The Kier molecular flexibility index (Phi) is 5.29. The van der Waals surface area contributed by atoms with E-state index in [0.29, 0.717) is 5.92 Å². The average Bonchev–Trinajstić information content (AvgIpc) is 3.19. The van der Waals surface area contributed by atoms with Crippen LogP contribution >= 0.6 is 11.3 Å². The number of methoxy groups -OCH3 is 1. The topological polar surface area (TPSA) is 71.4 Å². The normalized spacial score (nSPS) is 16.7. The summed E-state index contributed by atoms with van der Waals surface area (Å²) < 4.78 is 6.37. The van der Waals surface area contributed by atoms with Crippen molar-refractivity contribution in [1.82, 2.24) is 9.88 Å². The largest absolute Gasteiger partial charge is 0.496 e. The number of fused-ring (bicyclic) bond motifs is 3. The number of nitrogens with two attached hydrogens (primary N) is 1. The van der Waals surface area contributed by atoms with Crippen LogP contribution in [0.5, 0.6) is 5.75 Å². The summed E-state index contributed by atoms with van der Waals surface area (Å²) in [6, 6.07) is 5.86. The fraction of sp³-hybridized carbons (Fsp3) is 0.381. The van der Waals surface area contributed by atoms with Crippen molar-refractivity contribution in [2.45, 2.75) is 12.8 Å². The van der Waals surface area contributed by atoms with Gasteiger partial charge in [0.05, 0.1) is 7.11 Å². The number of piperidine rings is 1.